The Morgan fingerprint density at radius 1 is 0.975 bits per heavy atom. The van der Waals surface area contributed by atoms with Gasteiger partial charge in [0.25, 0.3) is 0 Å². The Morgan fingerprint density at radius 2 is 1.52 bits per heavy atom. The highest BCUT2D eigenvalue weighted by atomic mass is 16.6. The van der Waals surface area contributed by atoms with Crippen LogP contribution in [0.25, 0.3) is 0 Å². The summed E-state index contributed by atoms with van der Waals surface area (Å²) in [6.45, 7) is 20.4. The minimum Gasteiger partial charge on any atom is -0.459 e. The molecule has 1 aromatic rings. The molecule has 1 aromatic carbocycles. The number of piperidine rings is 1. The van der Waals surface area contributed by atoms with Crippen molar-refractivity contribution in [3.05, 3.63) is 29.3 Å². The monoisotopic (exact) mass is 558 g/mol. The molecule has 40 heavy (non-hydrogen) atoms. The molecule has 7 heteroatoms. The van der Waals surface area contributed by atoms with Crippen LogP contribution in [0.3, 0.4) is 0 Å². The van der Waals surface area contributed by atoms with Crippen LogP contribution in [0.5, 0.6) is 0 Å². The van der Waals surface area contributed by atoms with Crippen molar-refractivity contribution in [1.82, 2.24) is 4.90 Å². The highest BCUT2D eigenvalue weighted by Crippen LogP contribution is 2.37. The molecule has 2 aliphatic rings. The van der Waals surface area contributed by atoms with Crippen LogP contribution in [0.2, 0.25) is 0 Å². The molecule has 1 saturated carbocycles. The van der Waals surface area contributed by atoms with Gasteiger partial charge in [-0.3, -0.25) is 14.5 Å². The predicted octanol–water partition coefficient (Wildman–Crippen LogP) is 6.77. The number of rotatable bonds is 9. The van der Waals surface area contributed by atoms with Gasteiger partial charge in [0.2, 0.25) is 0 Å². The summed E-state index contributed by atoms with van der Waals surface area (Å²) >= 11 is 0. The van der Waals surface area contributed by atoms with Crippen LogP contribution in [0.4, 0.5) is 5.69 Å². The number of carbonyl (C=O) groups excluding carboxylic acids is 2. The minimum atomic E-state index is -1.16. The van der Waals surface area contributed by atoms with E-state index in [1.807, 2.05) is 66.7 Å². The second kappa shape index (κ2) is 13.2. The van der Waals surface area contributed by atoms with Crippen LogP contribution in [0.1, 0.15) is 117 Å². The zero-order chi connectivity index (χ0) is 29.7. The lowest BCUT2D eigenvalue weighted by Crippen LogP contribution is -2.54. The zero-order valence-corrected chi connectivity index (χ0v) is 26.5. The van der Waals surface area contributed by atoms with Gasteiger partial charge < -0.3 is 19.5 Å². The van der Waals surface area contributed by atoms with E-state index < -0.39 is 29.1 Å². The van der Waals surface area contributed by atoms with E-state index in [4.69, 9.17) is 14.2 Å². The topological polar surface area (TPSA) is 77.1 Å². The lowest BCUT2D eigenvalue weighted by atomic mass is 9.79. The Balaban J connectivity index is 1.73. The van der Waals surface area contributed by atoms with E-state index in [1.54, 1.807) is 0 Å². The molecule has 3 rings (SSSR count). The lowest BCUT2D eigenvalue weighted by molar-refractivity contribution is -0.169. The summed E-state index contributed by atoms with van der Waals surface area (Å²) in [6, 6.07) is 6.09. The summed E-state index contributed by atoms with van der Waals surface area (Å²) in [7, 11) is 0. The van der Waals surface area contributed by atoms with E-state index >= 15 is 0 Å². The Hall–Kier alpha value is -2.12. The van der Waals surface area contributed by atoms with Gasteiger partial charge in [0, 0.05) is 42.5 Å². The molecule has 0 spiro atoms. The fourth-order valence-electron chi connectivity index (χ4n) is 5.88. The molecular weight excluding hydrogens is 504 g/mol. The van der Waals surface area contributed by atoms with E-state index in [0.717, 1.165) is 63.1 Å². The van der Waals surface area contributed by atoms with E-state index in [-0.39, 0.29) is 11.6 Å². The number of ether oxygens (including phenoxy) is 3. The molecular formula is C33H54N2O5. The van der Waals surface area contributed by atoms with Crippen molar-refractivity contribution in [2.45, 2.75) is 142 Å². The molecule has 1 aliphatic heterocycles. The standard InChI is InChI=1S/C33H54N2O5/c1-10-21-38-25-13-17-33(9,18-14-25)35-19-15-24(16-20-35)34-27-22-23(2)11-12-26(27)28(29(36)39-31(3,4)5)30(37)40-32(6,7)8/h11-12,22,24-25,28,34H,10,13-21H2,1-9H3/t25-,33-. The fourth-order valence-corrected chi connectivity index (χ4v) is 5.88. The third kappa shape index (κ3) is 9.20. The molecule has 0 amide bonds. The SMILES string of the molecule is CCCO[C@H]1CC[C@](C)(N2CCC(Nc3cc(C)ccc3C(C(=O)OC(C)(C)C)C(=O)OC(C)(C)C)CC2)CC1. The predicted molar refractivity (Wildman–Crippen MR) is 161 cm³/mol. The minimum absolute atomic E-state index is 0.226. The van der Waals surface area contributed by atoms with Crippen molar-refractivity contribution < 1.29 is 23.8 Å². The molecule has 0 unspecified atom stereocenters. The lowest BCUT2D eigenvalue weighted by Gasteiger charge is -2.48. The second-order valence-electron chi connectivity index (χ2n) is 14.1. The molecule has 0 bridgehead atoms. The Kier molecular flexibility index (Phi) is 10.7. The summed E-state index contributed by atoms with van der Waals surface area (Å²) in [5.41, 5.74) is 1.25. The number of esters is 2. The van der Waals surface area contributed by atoms with E-state index in [9.17, 15) is 9.59 Å². The van der Waals surface area contributed by atoms with Crippen LogP contribution in [-0.4, -0.2) is 65.4 Å². The first-order valence-electron chi connectivity index (χ1n) is 15.3. The Morgan fingerprint density at radius 3 is 2.02 bits per heavy atom. The number of nitrogens with one attached hydrogen (secondary N) is 1. The summed E-state index contributed by atoms with van der Waals surface area (Å²) in [6.07, 6.45) is 8.12. The highest BCUT2D eigenvalue weighted by Gasteiger charge is 2.40. The maximum Gasteiger partial charge on any atom is 0.325 e. The van der Waals surface area contributed by atoms with Crippen molar-refractivity contribution in [3.8, 4) is 0 Å². The van der Waals surface area contributed by atoms with E-state index in [1.165, 1.54) is 12.8 Å². The van der Waals surface area contributed by atoms with Crippen molar-refractivity contribution in [2.75, 3.05) is 25.0 Å². The largest absolute Gasteiger partial charge is 0.459 e. The number of hydrogen-bond acceptors (Lipinski definition) is 7. The second-order valence-corrected chi connectivity index (χ2v) is 14.1. The van der Waals surface area contributed by atoms with Gasteiger partial charge in [-0.1, -0.05) is 19.1 Å². The molecule has 0 atom stereocenters. The van der Waals surface area contributed by atoms with Crippen LogP contribution in [-0.2, 0) is 23.8 Å². The fraction of sp³-hybridized carbons (Fsp3) is 0.758. The molecule has 226 valence electrons. The van der Waals surface area contributed by atoms with Crippen LogP contribution >= 0.6 is 0 Å². The number of hydrogen-bond donors (Lipinski definition) is 1. The highest BCUT2D eigenvalue weighted by molar-refractivity contribution is 6.02. The maximum absolute atomic E-state index is 13.4. The van der Waals surface area contributed by atoms with Crippen molar-refractivity contribution in [2.24, 2.45) is 0 Å². The average molecular weight is 559 g/mol. The van der Waals surface area contributed by atoms with Gasteiger partial charge in [-0.25, -0.2) is 0 Å². The van der Waals surface area contributed by atoms with Crippen molar-refractivity contribution in [1.29, 1.82) is 0 Å². The first-order valence-corrected chi connectivity index (χ1v) is 15.3. The number of anilines is 1. The molecule has 1 saturated heterocycles. The van der Waals surface area contributed by atoms with Crippen molar-refractivity contribution in [3.63, 3.8) is 0 Å². The normalized spacial score (nSPS) is 23.2. The summed E-state index contributed by atoms with van der Waals surface area (Å²) < 4.78 is 17.4. The molecule has 0 radical (unpaired) electrons. The van der Waals surface area contributed by atoms with Crippen LogP contribution < -0.4 is 5.32 Å². The molecule has 1 N–H and O–H groups in total. The summed E-state index contributed by atoms with van der Waals surface area (Å²) in [5.74, 6) is -2.34. The first-order chi connectivity index (χ1) is 18.6. The molecule has 0 aromatic heterocycles. The third-order valence-corrected chi connectivity index (χ3v) is 7.99. The average Bonchev–Trinajstić information content (AvgIpc) is 2.83. The number of carbonyl (C=O) groups is 2. The maximum atomic E-state index is 13.4. The van der Waals surface area contributed by atoms with Gasteiger partial charge in [0.05, 0.1) is 6.10 Å². The van der Waals surface area contributed by atoms with Crippen molar-refractivity contribution >= 4 is 17.6 Å². The molecule has 7 nitrogen and oxygen atoms in total. The van der Waals surface area contributed by atoms with Crippen LogP contribution in [0, 0.1) is 6.92 Å². The number of aryl methyl sites for hydroxylation is 1. The zero-order valence-electron chi connectivity index (χ0n) is 26.5. The Labute approximate surface area is 242 Å². The van der Waals surface area contributed by atoms with E-state index in [0.29, 0.717) is 11.7 Å². The molecule has 1 aliphatic carbocycles. The summed E-state index contributed by atoms with van der Waals surface area (Å²) in [5, 5.41) is 3.71. The number of likely N-dealkylation sites (tertiary alicyclic amines) is 1. The van der Waals surface area contributed by atoms with Gasteiger partial charge in [0.15, 0.2) is 5.92 Å². The van der Waals surface area contributed by atoms with Gasteiger partial charge >= 0.3 is 11.9 Å². The van der Waals surface area contributed by atoms with Gasteiger partial charge in [-0.05, 0) is 112 Å². The smallest absolute Gasteiger partial charge is 0.325 e. The number of nitrogens with zero attached hydrogens (tertiary/aromatic N) is 1. The summed E-state index contributed by atoms with van der Waals surface area (Å²) in [4.78, 5) is 29.4. The third-order valence-electron chi connectivity index (χ3n) is 7.99. The van der Waals surface area contributed by atoms with Gasteiger partial charge in [-0.2, -0.15) is 0 Å². The number of benzene rings is 1. The first kappa shape index (κ1) is 32.4. The van der Waals surface area contributed by atoms with Crippen LogP contribution in [0.15, 0.2) is 18.2 Å². The van der Waals surface area contributed by atoms with Gasteiger partial charge in [0.1, 0.15) is 11.2 Å². The molecule has 1 heterocycles. The van der Waals surface area contributed by atoms with E-state index in [2.05, 4.69) is 24.1 Å². The molecule has 2 fully saturated rings. The quantitative estimate of drug-likeness (QED) is 0.265. The Bertz CT molecular complexity index is 965. The van der Waals surface area contributed by atoms with Gasteiger partial charge in [-0.15, -0.1) is 0 Å².